The van der Waals surface area contributed by atoms with Gasteiger partial charge in [-0.25, -0.2) is 4.39 Å². The summed E-state index contributed by atoms with van der Waals surface area (Å²) in [5.74, 6) is 0.546. The van der Waals surface area contributed by atoms with Gasteiger partial charge >= 0.3 is 0 Å². The van der Waals surface area contributed by atoms with Crippen molar-refractivity contribution in [2.45, 2.75) is 44.7 Å². The fraction of sp³-hybridized carbons (Fsp3) is 0.375. The van der Waals surface area contributed by atoms with Crippen LogP contribution in [0.25, 0.3) is 11.5 Å². The van der Waals surface area contributed by atoms with E-state index in [0.29, 0.717) is 23.9 Å². The van der Waals surface area contributed by atoms with Crippen LogP contribution in [-0.2, 0) is 11.3 Å². The zero-order valence-corrected chi connectivity index (χ0v) is 17.6. The minimum absolute atomic E-state index is 0.157. The molecule has 3 heterocycles. The summed E-state index contributed by atoms with van der Waals surface area (Å²) in [6.07, 6.45) is 3.57. The topological polar surface area (TPSA) is 62.5 Å². The second-order valence-corrected chi connectivity index (χ2v) is 8.46. The number of carbonyl (C=O) groups excluding carboxylic acids is 1. The number of hydrogen-bond donors (Lipinski definition) is 0. The van der Waals surface area contributed by atoms with Crippen molar-refractivity contribution in [1.82, 2.24) is 15.1 Å². The van der Waals surface area contributed by atoms with Crippen molar-refractivity contribution in [3.05, 3.63) is 65.8 Å². The van der Waals surface area contributed by atoms with Crippen molar-refractivity contribution >= 4 is 11.6 Å². The standard InChI is InChI=1S/C24H25FN4O2/c1-17-7-9-20(10-8-17)29-14-4-12-24(23(29)30)11-3-13-28(24)16-21-26-27-22(31-21)18-5-2-6-19(25)15-18/h2,5-10,15H,3-4,11-14,16H2,1H3. The number of anilines is 1. The molecular formula is C24H25FN4O2. The van der Waals surface area contributed by atoms with Crippen LogP contribution in [0, 0.1) is 12.7 Å². The molecule has 0 bridgehead atoms. The van der Waals surface area contributed by atoms with Gasteiger partial charge in [0.1, 0.15) is 11.4 Å². The molecule has 1 spiro atoms. The molecule has 1 unspecified atom stereocenters. The summed E-state index contributed by atoms with van der Waals surface area (Å²) in [7, 11) is 0. The molecule has 160 valence electrons. The van der Waals surface area contributed by atoms with E-state index in [-0.39, 0.29) is 11.7 Å². The lowest BCUT2D eigenvalue weighted by atomic mass is 9.85. The summed E-state index contributed by atoms with van der Waals surface area (Å²) in [6, 6.07) is 14.2. The minimum atomic E-state index is -0.531. The second-order valence-electron chi connectivity index (χ2n) is 8.46. The number of nitrogens with zero attached hydrogens (tertiary/aromatic N) is 4. The molecule has 5 rings (SSSR count). The predicted molar refractivity (Wildman–Crippen MR) is 115 cm³/mol. The summed E-state index contributed by atoms with van der Waals surface area (Å²) < 4.78 is 19.4. The quantitative estimate of drug-likeness (QED) is 0.628. The molecule has 2 saturated heterocycles. The lowest BCUT2D eigenvalue weighted by molar-refractivity contribution is -0.131. The number of halogens is 1. The monoisotopic (exact) mass is 420 g/mol. The molecular weight excluding hydrogens is 395 g/mol. The zero-order chi connectivity index (χ0) is 21.4. The van der Waals surface area contributed by atoms with Crippen molar-refractivity contribution in [3.63, 3.8) is 0 Å². The average molecular weight is 420 g/mol. The van der Waals surface area contributed by atoms with Crippen molar-refractivity contribution < 1.29 is 13.6 Å². The lowest BCUT2D eigenvalue weighted by Crippen LogP contribution is -2.59. The molecule has 2 fully saturated rings. The molecule has 3 aromatic rings. The molecule has 2 aliphatic rings. The zero-order valence-electron chi connectivity index (χ0n) is 17.6. The maximum Gasteiger partial charge on any atom is 0.247 e. The van der Waals surface area contributed by atoms with E-state index in [9.17, 15) is 9.18 Å². The van der Waals surface area contributed by atoms with Gasteiger partial charge in [0.2, 0.25) is 17.7 Å². The Balaban J connectivity index is 1.38. The number of rotatable bonds is 4. The average Bonchev–Trinajstić information content (AvgIpc) is 3.39. The van der Waals surface area contributed by atoms with Gasteiger partial charge in [0.05, 0.1) is 6.54 Å². The Kier molecular flexibility index (Phi) is 5.06. The summed E-state index contributed by atoms with van der Waals surface area (Å²) in [6.45, 7) is 4.01. The molecule has 2 aliphatic heterocycles. The van der Waals surface area contributed by atoms with Gasteiger partial charge < -0.3 is 9.32 Å². The molecule has 2 aromatic carbocycles. The number of likely N-dealkylation sites (tertiary alicyclic amines) is 1. The smallest absolute Gasteiger partial charge is 0.247 e. The van der Waals surface area contributed by atoms with E-state index < -0.39 is 5.54 Å². The number of piperidine rings is 1. The number of carbonyl (C=O) groups is 1. The van der Waals surface area contributed by atoms with Gasteiger partial charge in [-0.3, -0.25) is 9.69 Å². The third-order valence-electron chi connectivity index (χ3n) is 6.45. The molecule has 1 atom stereocenters. The van der Waals surface area contributed by atoms with Gasteiger partial charge in [-0.05, 0) is 69.5 Å². The molecule has 0 N–H and O–H groups in total. The predicted octanol–water partition coefficient (Wildman–Crippen LogP) is 4.35. The Morgan fingerprint density at radius 2 is 1.84 bits per heavy atom. The Bertz CT molecular complexity index is 1100. The third kappa shape index (κ3) is 3.63. The van der Waals surface area contributed by atoms with Crippen molar-refractivity contribution in [2.75, 3.05) is 18.0 Å². The number of aromatic nitrogens is 2. The molecule has 6 nitrogen and oxygen atoms in total. The van der Waals surface area contributed by atoms with E-state index >= 15 is 0 Å². The third-order valence-corrected chi connectivity index (χ3v) is 6.45. The minimum Gasteiger partial charge on any atom is -0.419 e. The molecule has 31 heavy (non-hydrogen) atoms. The van der Waals surface area contributed by atoms with Crippen LogP contribution in [0.15, 0.2) is 52.9 Å². The normalized spacial score (nSPS) is 21.9. The highest BCUT2D eigenvalue weighted by molar-refractivity contribution is 6.01. The highest BCUT2D eigenvalue weighted by atomic mass is 19.1. The van der Waals surface area contributed by atoms with Gasteiger partial charge in [0.25, 0.3) is 0 Å². The number of aryl methyl sites for hydroxylation is 1. The van der Waals surface area contributed by atoms with Crippen LogP contribution in [-0.4, -0.2) is 39.6 Å². The molecule has 1 aromatic heterocycles. The van der Waals surface area contributed by atoms with Crippen LogP contribution in [0.2, 0.25) is 0 Å². The van der Waals surface area contributed by atoms with Gasteiger partial charge in [0.15, 0.2) is 0 Å². The van der Waals surface area contributed by atoms with Gasteiger partial charge in [-0.15, -0.1) is 10.2 Å². The Morgan fingerprint density at radius 1 is 1.06 bits per heavy atom. The van der Waals surface area contributed by atoms with Gasteiger partial charge in [0, 0.05) is 17.8 Å². The number of hydrogen-bond acceptors (Lipinski definition) is 5. The largest absolute Gasteiger partial charge is 0.419 e. The van der Waals surface area contributed by atoms with Gasteiger partial charge in [-0.2, -0.15) is 0 Å². The fourth-order valence-corrected chi connectivity index (χ4v) is 4.87. The van der Waals surface area contributed by atoms with E-state index in [1.165, 1.54) is 17.7 Å². The highest BCUT2D eigenvalue weighted by Gasteiger charge is 2.51. The van der Waals surface area contributed by atoms with E-state index in [4.69, 9.17) is 4.42 Å². The van der Waals surface area contributed by atoms with Crippen molar-refractivity contribution in [3.8, 4) is 11.5 Å². The van der Waals surface area contributed by atoms with Crippen LogP contribution in [0.1, 0.15) is 37.1 Å². The van der Waals surface area contributed by atoms with Crippen LogP contribution in [0.3, 0.4) is 0 Å². The fourth-order valence-electron chi connectivity index (χ4n) is 4.87. The SMILES string of the molecule is Cc1ccc(N2CCCC3(CCCN3Cc3nnc(-c4cccc(F)c4)o3)C2=O)cc1. The first-order valence-electron chi connectivity index (χ1n) is 10.8. The molecule has 7 heteroatoms. The highest BCUT2D eigenvalue weighted by Crippen LogP contribution is 2.40. The molecule has 1 amide bonds. The Hall–Kier alpha value is -3.06. The molecule has 0 aliphatic carbocycles. The first-order chi connectivity index (χ1) is 15.0. The summed E-state index contributed by atoms with van der Waals surface area (Å²) in [4.78, 5) is 17.8. The number of amides is 1. The molecule has 0 saturated carbocycles. The van der Waals surface area contributed by atoms with E-state index in [1.807, 2.05) is 36.1 Å². The maximum atomic E-state index is 13.7. The first-order valence-corrected chi connectivity index (χ1v) is 10.8. The second kappa shape index (κ2) is 7.89. The first kappa shape index (κ1) is 19.9. The van der Waals surface area contributed by atoms with Crippen molar-refractivity contribution in [2.24, 2.45) is 0 Å². The van der Waals surface area contributed by atoms with Crippen LogP contribution in [0.5, 0.6) is 0 Å². The van der Waals surface area contributed by atoms with Gasteiger partial charge in [-0.1, -0.05) is 23.8 Å². The van der Waals surface area contributed by atoms with Crippen LogP contribution >= 0.6 is 0 Å². The maximum absolute atomic E-state index is 13.7. The summed E-state index contributed by atoms with van der Waals surface area (Å²) in [5, 5.41) is 8.26. The van der Waals surface area contributed by atoms with E-state index in [1.54, 1.807) is 12.1 Å². The Morgan fingerprint density at radius 3 is 2.61 bits per heavy atom. The number of benzene rings is 2. The summed E-state index contributed by atoms with van der Waals surface area (Å²) >= 11 is 0. The Labute approximate surface area is 180 Å². The molecule has 0 radical (unpaired) electrons. The van der Waals surface area contributed by atoms with Crippen LogP contribution < -0.4 is 4.90 Å². The van der Waals surface area contributed by atoms with Crippen LogP contribution in [0.4, 0.5) is 10.1 Å². The van der Waals surface area contributed by atoms with E-state index in [0.717, 1.165) is 44.5 Å². The van der Waals surface area contributed by atoms with E-state index in [2.05, 4.69) is 15.1 Å². The summed E-state index contributed by atoms with van der Waals surface area (Å²) in [5.41, 5.74) is 2.15. The van der Waals surface area contributed by atoms with Crippen molar-refractivity contribution in [1.29, 1.82) is 0 Å². The lowest BCUT2D eigenvalue weighted by Gasteiger charge is -2.44.